The summed E-state index contributed by atoms with van der Waals surface area (Å²) in [7, 11) is -2.86. The number of benzene rings is 4. The largest absolute Gasteiger partial charge is 0.405 e. The highest BCUT2D eigenvalue weighted by molar-refractivity contribution is 6.99. The van der Waals surface area contributed by atoms with Gasteiger partial charge in [0.2, 0.25) is 0 Å². The van der Waals surface area contributed by atoms with Gasteiger partial charge in [0.05, 0.1) is 18.7 Å². The van der Waals surface area contributed by atoms with E-state index < -0.39 is 14.4 Å². The van der Waals surface area contributed by atoms with Crippen LogP contribution in [0.2, 0.25) is 15.1 Å². The average molecular weight is 647 g/mol. The minimum Gasteiger partial charge on any atom is -0.405 e. The van der Waals surface area contributed by atoms with Gasteiger partial charge in [-0.05, 0) is 63.6 Å². The Morgan fingerprint density at radius 2 is 1.43 bits per heavy atom. The van der Waals surface area contributed by atoms with Crippen molar-refractivity contribution in [2.45, 2.75) is 69.7 Å². The van der Waals surface area contributed by atoms with Gasteiger partial charge in [0, 0.05) is 16.0 Å². The Hall–Kier alpha value is -2.93. The first-order chi connectivity index (χ1) is 21.1. The summed E-state index contributed by atoms with van der Waals surface area (Å²) in [6.45, 7) is 9.17. The number of aliphatic hydroxyl groups is 1. The number of amides is 1. The number of rotatable bonds is 9. The summed E-state index contributed by atoms with van der Waals surface area (Å²) in [6.07, 6.45) is -0.178. The molecular weight excluding hydrogens is 605 g/mol. The normalized spacial score (nSPS) is 20.0. The van der Waals surface area contributed by atoms with Crippen molar-refractivity contribution >= 4 is 47.8 Å². The number of piperidine rings is 1. The summed E-state index contributed by atoms with van der Waals surface area (Å²) in [6, 6.07) is 35.8. The predicted molar refractivity (Wildman–Crippen MR) is 184 cm³/mol. The smallest absolute Gasteiger partial charge is 0.261 e. The first-order valence-electron chi connectivity index (χ1n) is 15.3. The van der Waals surface area contributed by atoms with E-state index in [0.717, 1.165) is 11.1 Å². The van der Waals surface area contributed by atoms with E-state index in [9.17, 15) is 9.90 Å². The molecule has 4 aromatic carbocycles. The topological polar surface area (TPSA) is 49.8 Å². The number of halogens is 2. The molecule has 44 heavy (non-hydrogen) atoms. The zero-order chi connectivity index (χ0) is 31.5. The molecule has 0 bridgehead atoms. The van der Waals surface area contributed by atoms with Gasteiger partial charge in [-0.25, -0.2) is 0 Å². The first-order valence-corrected chi connectivity index (χ1v) is 18.0. The van der Waals surface area contributed by atoms with Gasteiger partial charge in [0.1, 0.15) is 6.10 Å². The molecule has 230 valence electrons. The number of likely N-dealkylation sites (tertiary alicyclic amines) is 1. The van der Waals surface area contributed by atoms with Crippen molar-refractivity contribution < 1.29 is 14.3 Å². The highest BCUT2D eigenvalue weighted by atomic mass is 35.5. The van der Waals surface area contributed by atoms with E-state index in [4.69, 9.17) is 27.6 Å². The molecule has 1 N–H and O–H groups in total. The Balaban J connectivity index is 1.61. The van der Waals surface area contributed by atoms with Crippen LogP contribution in [0.1, 0.15) is 63.6 Å². The fourth-order valence-corrected chi connectivity index (χ4v) is 11.8. The van der Waals surface area contributed by atoms with Gasteiger partial charge in [0.15, 0.2) is 0 Å². The lowest BCUT2D eigenvalue weighted by Crippen LogP contribution is -2.67. The molecule has 0 aromatic heterocycles. The molecule has 4 atom stereocenters. The van der Waals surface area contributed by atoms with Crippen molar-refractivity contribution in [1.29, 1.82) is 0 Å². The zero-order valence-electron chi connectivity index (χ0n) is 25.8. The molecule has 4 aromatic rings. The van der Waals surface area contributed by atoms with Gasteiger partial charge >= 0.3 is 0 Å². The van der Waals surface area contributed by atoms with Crippen molar-refractivity contribution in [3.05, 3.63) is 130 Å². The van der Waals surface area contributed by atoms with Crippen molar-refractivity contribution in [1.82, 2.24) is 4.90 Å². The molecular formula is C37H41Cl2NO3Si. The molecule has 1 heterocycles. The van der Waals surface area contributed by atoms with Crippen LogP contribution in [0, 0.1) is 0 Å². The monoisotopic (exact) mass is 645 g/mol. The van der Waals surface area contributed by atoms with E-state index in [0.29, 0.717) is 29.5 Å². The summed E-state index contributed by atoms with van der Waals surface area (Å²) < 4.78 is 7.34. The maximum absolute atomic E-state index is 14.1. The Morgan fingerprint density at radius 1 is 0.841 bits per heavy atom. The standard InChI is InChI=1S/C37H41Cl2NO3Si/c1-5-30(25-43-44(37(2,3)4,31-15-8-6-9-16-31)32-17-10-7-11-18-32)40-35(26-19-21-28(38)22-20-26)33(24-34(41)36(40)42)27-13-12-14-29(39)23-27/h6-23,30,33-35,41H,5,24-25H2,1-4H3/t30?,33-,34?,35-/m1/s1. The second-order valence-electron chi connectivity index (χ2n) is 12.7. The fourth-order valence-electron chi connectivity index (χ4n) is 6.87. The van der Waals surface area contributed by atoms with E-state index in [2.05, 4.69) is 76.2 Å². The molecule has 1 amide bonds. The maximum Gasteiger partial charge on any atom is 0.261 e. The number of hydrogen-bond donors (Lipinski definition) is 1. The Morgan fingerprint density at radius 3 is 1.95 bits per heavy atom. The zero-order valence-corrected chi connectivity index (χ0v) is 28.3. The minimum absolute atomic E-state index is 0.176. The Labute approximate surface area is 272 Å². The van der Waals surface area contributed by atoms with Crippen LogP contribution in [0.15, 0.2) is 109 Å². The minimum atomic E-state index is -2.86. The highest BCUT2D eigenvalue weighted by Crippen LogP contribution is 2.46. The second kappa shape index (κ2) is 13.6. The van der Waals surface area contributed by atoms with Crippen LogP contribution in [-0.2, 0) is 9.22 Å². The fraction of sp³-hybridized carbons (Fsp3) is 0.324. The van der Waals surface area contributed by atoms with Crippen LogP contribution in [-0.4, -0.2) is 43.0 Å². The average Bonchev–Trinajstić information content (AvgIpc) is 3.02. The van der Waals surface area contributed by atoms with Crippen molar-refractivity contribution in [2.24, 2.45) is 0 Å². The van der Waals surface area contributed by atoms with Gasteiger partial charge in [-0.2, -0.15) is 0 Å². The van der Waals surface area contributed by atoms with Crippen molar-refractivity contribution in [2.75, 3.05) is 6.61 Å². The SMILES string of the molecule is CCC(CO[Si](c1ccccc1)(c1ccccc1)C(C)(C)C)N1C(=O)C(O)C[C@H](c2cccc(Cl)c2)[C@H]1c1ccc(Cl)cc1. The van der Waals surface area contributed by atoms with Crippen LogP contribution < -0.4 is 10.4 Å². The Bertz CT molecular complexity index is 1500. The summed E-state index contributed by atoms with van der Waals surface area (Å²) >= 11 is 12.8. The number of nitrogens with zero attached hydrogens (tertiary/aromatic N) is 1. The number of carbonyl (C=O) groups is 1. The summed E-state index contributed by atoms with van der Waals surface area (Å²) in [4.78, 5) is 16.0. The van der Waals surface area contributed by atoms with Crippen molar-refractivity contribution in [3.63, 3.8) is 0 Å². The predicted octanol–water partition coefficient (Wildman–Crippen LogP) is 7.77. The van der Waals surface area contributed by atoms with Crippen LogP contribution >= 0.6 is 23.2 Å². The number of carbonyl (C=O) groups excluding carboxylic acids is 1. The molecule has 1 saturated heterocycles. The van der Waals surface area contributed by atoms with E-state index in [-0.39, 0.29) is 28.9 Å². The molecule has 0 spiro atoms. The molecule has 7 heteroatoms. The second-order valence-corrected chi connectivity index (χ2v) is 17.9. The van der Waals surface area contributed by atoms with E-state index >= 15 is 0 Å². The molecule has 1 aliphatic heterocycles. The van der Waals surface area contributed by atoms with Gasteiger partial charge in [-0.15, -0.1) is 0 Å². The van der Waals surface area contributed by atoms with E-state index in [1.165, 1.54) is 10.4 Å². The molecule has 5 rings (SSSR count). The van der Waals surface area contributed by atoms with Crippen LogP contribution in [0.3, 0.4) is 0 Å². The van der Waals surface area contributed by atoms with Gasteiger partial charge < -0.3 is 14.4 Å². The number of aliphatic hydroxyl groups excluding tert-OH is 1. The third-order valence-electron chi connectivity index (χ3n) is 8.96. The number of hydrogen-bond acceptors (Lipinski definition) is 3. The molecule has 1 aliphatic rings. The molecule has 1 fully saturated rings. The third-order valence-corrected chi connectivity index (χ3v) is 14.5. The summed E-state index contributed by atoms with van der Waals surface area (Å²) in [5.41, 5.74) is 1.94. The van der Waals surface area contributed by atoms with Gasteiger partial charge in [0.25, 0.3) is 14.2 Å². The van der Waals surface area contributed by atoms with Crippen LogP contribution in [0.4, 0.5) is 0 Å². The molecule has 0 aliphatic carbocycles. The first kappa shape index (κ1) is 32.5. The van der Waals surface area contributed by atoms with Crippen LogP contribution in [0.5, 0.6) is 0 Å². The van der Waals surface area contributed by atoms with E-state index in [1.54, 1.807) is 0 Å². The lowest BCUT2D eigenvalue weighted by atomic mass is 9.78. The lowest BCUT2D eigenvalue weighted by molar-refractivity contribution is -0.154. The van der Waals surface area contributed by atoms with Gasteiger partial charge in [-0.3, -0.25) is 4.79 Å². The molecule has 4 nitrogen and oxygen atoms in total. The Kier molecular flexibility index (Phi) is 10.0. The lowest BCUT2D eigenvalue weighted by Gasteiger charge is -2.49. The summed E-state index contributed by atoms with van der Waals surface area (Å²) in [5, 5.41) is 14.6. The molecule has 0 saturated carbocycles. The third kappa shape index (κ3) is 6.40. The summed E-state index contributed by atoms with van der Waals surface area (Å²) in [5.74, 6) is -0.453. The molecule has 0 radical (unpaired) electrons. The molecule has 2 unspecified atom stereocenters. The maximum atomic E-state index is 14.1. The van der Waals surface area contributed by atoms with E-state index in [1.807, 2.05) is 65.6 Å². The van der Waals surface area contributed by atoms with Crippen LogP contribution in [0.25, 0.3) is 0 Å². The van der Waals surface area contributed by atoms with Crippen molar-refractivity contribution in [3.8, 4) is 0 Å². The van der Waals surface area contributed by atoms with Gasteiger partial charge in [-0.1, -0.05) is 136 Å². The quantitative estimate of drug-likeness (QED) is 0.189. The highest BCUT2D eigenvalue weighted by Gasteiger charge is 2.51.